The third kappa shape index (κ3) is 0.980. The summed E-state index contributed by atoms with van der Waals surface area (Å²) in [6.07, 6.45) is 5.21. The molecule has 76 valence electrons. The standard InChI is InChI=1S/C10H16N4/c11-9-8-7(13-6-14-8)5-10(9)1-3-12-4-2-10/h6,9,12H,1-5,11H2,(H,13,14). The van der Waals surface area contributed by atoms with Crippen LogP contribution in [0.5, 0.6) is 0 Å². The zero-order valence-electron chi connectivity index (χ0n) is 8.21. The van der Waals surface area contributed by atoms with Crippen LogP contribution in [0.1, 0.15) is 30.3 Å². The molecule has 1 aliphatic heterocycles. The normalized spacial score (nSPS) is 29.4. The Hall–Kier alpha value is -0.870. The molecule has 1 atom stereocenters. The van der Waals surface area contributed by atoms with Gasteiger partial charge in [0.2, 0.25) is 0 Å². The van der Waals surface area contributed by atoms with Gasteiger partial charge in [-0.15, -0.1) is 0 Å². The number of H-pyrrole nitrogens is 1. The van der Waals surface area contributed by atoms with Crippen molar-refractivity contribution < 1.29 is 0 Å². The Morgan fingerprint density at radius 1 is 1.43 bits per heavy atom. The van der Waals surface area contributed by atoms with Gasteiger partial charge in [-0.05, 0) is 37.8 Å². The molecule has 14 heavy (non-hydrogen) atoms. The van der Waals surface area contributed by atoms with Gasteiger partial charge in [-0.25, -0.2) is 4.98 Å². The van der Waals surface area contributed by atoms with Crippen LogP contribution < -0.4 is 11.1 Å². The molecule has 3 rings (SSSR count). The Kier molecular flexibility index (Phi) is 1.69. The summed E-state index contributed by atoms with van der Waals surface area (Å²) in [5.41, 5.74) is 8.95. The van der Waals surface area contributed by atoms with Crippen molar-refractivity contribution in [3.63, 3.8) is 0 Å². The van der Waals surface area contributed by atoms with Gasteiger partial charge in [-0.1, -0.05) is 0 Å². The predicted molar refractivity (Wildman–Crippen MR) is 53.8 cm³/mol. The van der Waals surface area contributed by atoms with Crippen molar-refractivity contribution in [3.05, 3.63) is 17.7 Å². The van der Waals surface area contributed by atoms with E-state index in [9.17, 15) is 0 Å². The van der Waals surface area contributed by atoms with E-state index in [0.717, 1.165) is 25.2 Å². The van der Waals surface area contributed by atoms with Crippen LogP contribution in [0, 0.1) is 5.41 Å². The van der Waals surface area contributed by atoms with Crippen molar-refractivity contribution in [2.45, 2.75) is 25.3 Å². The molecular formula is C10H16N4. The van der Waals surface area contributed by atoms with Crippen molar-refractivity contribution >= 4 is 0 Å². The van der Waals surface area contributed by atoms with Crippen LogP contribution in [-0.4, -0.2) is 23.1 Å². The molecule has 1 fully saturated rings. The summed E-state index contributed by atoms with van der Waals surface area (Å²) in [4.78, 5) is 7.53. The molecule has 4 nitrogen and oxygen atoms in total. The molecule has 1 spiro atoms. The molecule has 4 N–H and O–H groups in total. The van der Waals surface area contributed by atoms with Crippen molar-refractivity contribution in [2.24, 2.45) is 11.1 Å². The molecular weight excluding hydrogens is 176 g/mol. The van der Waals surface area contributed by atoms with E-state index in [2.05, 4.69) is 15.3 Å². The lowest BCUT2D eigenvalue weighted by molar-refractivity contribution is 0.171. The van der Waals surface area contributed by atoms with Crippen molar-refractivity contribution in [1.82, 2.24) is 15.3 Å². The van der Waals surface area contributed by atoms with E-state index in [1.165, 1.54) is 18.5 Å². The number of rotatable bonds is 0. The molecule has 1 aliphatic carbocycles. The first kappa shape index (κ1) is 8.44. The maximum atomic E-state index is 6.29. The van der Waals surface area contributed by atoms with E-state index in [-0.39, 0.29) is 6.04 Å². The minimum atomic E-state index is 0.144. The highest BCUT2D eigenvalue weighted by molar-refractivity contribution is 5.27. The van der Waals surface area contributed by atoms with Crippen LogP contribution in [0.3, 0.4) is 0 Å². The third-order valence-electron chi connectivity index (χ3n) is 3.83. The fourth-order valence-corrected chi connectivity index (χ4v) is 2.91. The fraction of sp³-hybridized carbons (Fsp3) is 0.700. The highest BCUT2D eigenvalue weighted by atomic mass is 15.0. The second-order valence-corrected chi connectivity index (χ2v) is 4.53. The smallest absolute Gasteiger partial charge is 0.0925 e. The minimum absolute atomic E-state index is 0.144. The molecule has 0 radical (unpaired) electrons. The first-order valence-corrected chi connectivity index (χ1v) is 5.30. The zero-order chi connectivity index (χ0) is 9.60. The van der Waals surface area contributed by atoms with Gasteiger partial charge in [0, 0.05) is 5.69 Å². The second kappa shape index (κ2) is 2.81. The molecule has 0 aromatic carbocycles. The van der Waals surface area contributed by atoms with Gasteiger partial charge < -0.3 is 16.0 Å². The first-order valence-electron chi connectivity index (χ1n) is 5.30. The number of nitrogens with zero attached hydrogens (tertiary/aromatic N) is 1. The average molecular weight is 192 g/mol. The molecule has 2 heterocycles. The lowest BCUT2D eigenvalue weighted by atomic mass is 9.74. The van der Waals surface area contributed by atoms with Gasteiger partial charge in [-0.3, -0.25) is 0 Å². The summed E-state index contributed by atoms with van der Waals surface area (Å²) in [6.45, 7) is 2.19. The lowest BCUT2D eigenvalue weighted by Crippen LogP contribution is -2.42. The van der Waals surface area contributed by atoms with E-state index < -0.39 is 0 Å². The second-order valence-electron chi connectivity index (χ2n) is 4.53. The van der Waals surface area contributed by atoms with E-state index in [4.69, 9.17) is 5.73 Å². The summed E-state index contributed by atoms with van der Waals surface area (Å²) in [6, 6.07) is 0.144. The molecule has 1 aromatic heterocycles. The summed E-state index contributed by atoms with van der Waals surface area (Å²) < 4.78 is 0. The monoisotopic (exact) mass is 192 g/mol. The average Bonchev–Trinajstić information content (AvgIpc) is 2.73. The number of nitrogens with one attached hydrogen (secondary N) is 2. The molecule has 1 aromatic rings. The van der Waals surface area contributed by atoms with Crippen LogP contribution in [0.4, 0.5) is 0 Å². The van der Waals surface area contributed by atoms with Crippen LogP contribution in [0.15, 0.2) is 6.33 Å². The maximum Gasteiger partial charge on any atom is 0.0925 e. The van der Waals surface area contributed by atoms with Crippen LogP contribution in [0.2, 0.25) is 0 Å². The number of imidazole rings is 1. The number of nitrogens with two attached hydrogens (primary N) is 1. The van der Waals surface area contributed by atoms with E-state index in [1.54, 1.807) is 6.33 Å². The largest absolute Gasteiger partial charge is 0.348 e. The summed E-state index contributed by atoms with van der Waals surface area (Å²) in [7, 11) is 0. The number of aromatic amines is 1. The lowest BCUT2D eigenvalue weighted by Gasteiger charge is -2.37. The third-order valence-corrected chi connectivity index (χ3v) is 3.83. The van der Waals surface area contributed by atoms with Gasteiger partial charge in [0.25, 0.3) is 0 Å². The van der Waals surface area contributed by atoms with Crippen LogP contribution in [-0.2, 0) is 6.42 Å². The van der Waals surface area contributed by atoms with Crippen molar-refractivity contribution in [3.8, 4) is 0 Å². The molecule has 0 saturated carbocycles. The Labute approximate surface area is 83.3 Å². The van der Waals surface area contributed by atoms with Gasteiger partial charge in [0.05, 0.1) is 18.1 Å². The highest BCUT2D eigenvalue weighted by Gasteiger charge is 2.46. The van der Waals surface area contributed by atoms with Gasteiger partial charge in [0.15, 0.2) is 0 Å². The topological polar surface area (TPSA) is 66.7 Å². The summed E-state index contributed by atoms with van der Waals surface area (Å²) in [5, 5.41) is 3.39. The van der Waals surface area contributed by atoms with Gasteiger partial charge in [-0.2, -0.15) is 0 Å². The van der Waals surface area contributed by atoms with Crippen molar-refractivity contribution in [1.29, 1.82) is 0 Å². The van der Waals surface area contributed by atoms with Crippen LogP contribution >= 0.6 is 0 Å². The van der Waals surface area contributed by atoms with E-state index in [1.807, 2.05) is 0 Å². The van der Waals surface area contributed by atoms with Crippen LogP contribution in [0.25, 0.3) is 0 Å². The Bertz CT molecular complexity index is 338. The molecule has 1 unspecified atom stereocenters. The minimum Gasteiger partial charge on any atom is -0.348 e. The Morgan fingerprint density at radius 3 is 2.93 bits per heavy atom. The van der Waals surface area contributed by atoms with Gasteiger partial charge >= 0.3 is 0 Å². The zero-order valence-corrected chi connectivity index (χ0v) is 8.21. The maximum absolute atomic E-state index is 6.29. The Balaban J connectivity index is 1.94. The molecule has 4 heteroatoms. The van der Waals surface area contributed by atoms with E-state index >= 15 is 0 Å². The van der Waals surface area contributed by atoms with E-state index in [0.29, 0.717) is 5.41 Å². The first-order chi connectivity index (χ1) is 6.82. The SMILES string of the molecule is NC1c2nc[nH]c2CC12CCNCC2. The molecule has 2 aliphatic rings. The summed E-state index contributed by atoms with van der Waals surface area (Å²) in [5.74, 6) is 0. The molecule has 0 amide bonds. The number of hydrogen-bond acceptors (Lipinski definition) is 3. The highest BCUT2D eigenvalue weighted by Crippen LogP contribution is 2.48. The summed E-state index contributed by atoms with van der Waals surface area (Å²) >= 11 is 0. The fourth-order valence-electron chi connectivity index (χ4n) is 2.91. The molecule has 1 saturated heterocycles. The number of piperidine rings is 1. The van der Waals surface area contributed by atoms with Crippen molar-refractivity contribution in [2.75, 3.05) is 13.1 Å². The predicted octanol–water partition coefficient (Wildman–Crippen LogP) is 0.335. The van der Waals surface area contributed by atoms with Gasteiger partial charge in [0.1, 0.15) is 0 Å². The molecule has 0 bridgehead atoms. The number of aromatic nitrogens is 2. The quantitative estimate of drug-likeness (QED) is 0.555. The number of fused-ring (bicyclic) bond motifs is 1. The Morgan fingerprint density at radius 2 is 2.21 bits per heavy atom. The number of hydrogen-bond donors (Lipinski definition) is 3.